The number of esters is 1. The summed E-state index contributed by atoms with van der Waals surface area (Å²) in [6, 6.07) is 11.0. The average Bonchev–Trinajstić information content (AvgIpc) is 2.56. The largest absolute Gasteiger partial charge is 0.449 e. The molecule has 0 aliphatic carbocycles. The molecule has 2 rings (SSSR count). The third-order valence-corrected chi connectivity index (χ3v) is 3.89. The van der Waals surface area contributed by atoms with Crippen LogP contribution in [0, 0.1) is 12.7 Å². The Kier molecular flexibility index (Phi) is 5.91. The van der Waals surface area contributed by atoms with Gasteiger partial charge in [0.25, 0.3) is 5.91 Å². The van der Waals surface area contributed by atoms with Crippen LogP contribution in [0.25, 0.3) is 0 Å². The molecule has 0 spiro atoms. The topological polar surface area (TPSA) is 55.4 Å². The second-order valence-corrected chi connectivity index (χ2v) is 6.24. The van der Waals surface area contributed by atoms with E-state index in [1.807, 2.05) is 39.0 Å². The Hall–Kier alpha value is -2.69. The van der Waals surface area contributed by atoms with Crippen LogP contribution in [0.15, 0.2) is 42.5 Å². The van der Waals surface area contributed by atoms with E-state index in [1.54, 1.807) is 0 Å². The fourth-order valence-corrected chi connectivity index (χ4v) is 2.46. The first kappa shape index (κ1) is 18.6. The van der Waals surface area contributed by atoms with Gasteiger partial charge in [-0.05, 0) is 49.1 Å². The van der Waals surface area contributed by atoms with E-state index >= 15 is 0 Å². The maximum atomic E-state index is 13.2. The van der Waals surface area contributed by atoms with Gasteiger partial charge in [0.15, 0.2) is 6.10 Å². The number of amides is 1. The van der Waals surface area contributed by atoms with Crippen LogP contribution in [0.4, 0.5) is 10.1 Å². The first-order chi connectivity index (χ1) is 11.8. The number of anilines is 1. The summed E-state index contributed by atoms with van der Waals surface area (Å²) in [5, 5.41) is 2.84. The zero-order valence-electron chi connectivity index (χ0n) is 14.8. The summed E-state index contributed by atoms with van der Waals surface area (Å²) in [6.45, 7) is 7.47. The third kappa shape index (κ3) is 4.66. The van der Waals surface area contributed by atoms with Crippen molar-refractivity contribution in [3.05, 3.63) is 65.0 Å². The van der Waals surface area contributed by atoms with E-state index in [9.17, 15) is 14.0 Å². The minimum atomic E-state index is -1.00. The van der Waals surface area contributed by atoms with Crippen LogP contribution >= 0.6 is 0 Å². The van der Waals surface area contributed by atoms with Gasteiger partial charge < -0.3 is 10.1 Å². The molecule has 0 unspecified atom stereocenters. The lowest BCUT2D eigenvalue weighted by molar-refractivity contribution is -0.123. The second kappa shape index (κ2) is 7.92. The Balaban J connectivity index is 2.10. The molecule has 0 bridgehead atoms. The number of carbonyl (C=O) groups excluding carboxylic acids is 2. The molecule has 1 N–H and O–H groups in total. The molecule has 1 amide bonds. The van der Waals surface area contributed by atoms with Gasteiger partial charge in [0.05, 0.1) is 5.56 Å². The molecule has 0 saturated heterocycles. The first-order valence-corrected chi connectivity index (χ1v) is 8.16. The van der Waals surface area contributed by atoms with Crippen molar-refractivity contribution in [3.8, 4) is 0 Å². The number of aryl methyl sites for hydroxylation is 1. The SMILES string of the molecule is Cc1cccc(C(C)C)c1NC(=O)[C@@H](C)OC(=O)c1cccc(F)c1. The zero-order valence-corrected chi connectivity index (χ0v) is 14.8. The Morgan fingerprint density at radius 3 is 2.40 bits per heavy atom. The predicted molar refractivity (Wildman–Crippen MR) is 95.2 cm³/mol. The quantitative estimate of drug-likeness (QED) is 0.817. The summed E-state index contributed by atoms with van der Waals surface area (Å²) in [6.07, 6.45) is -1.00. The Morgan fingerprint density at radius 2 is 1.76 bits per heavy atom. The van der Waals surface area contributed by atoms with Crippen LogP contribution < -0.4 is 5.32 Å². The van der Waals surface area contributed by atoms with Crippen molar-refractivity contribution < 1.29 is 18.7 Å². The number of para-hydroxylation sites is 1. The highest BCUT2D eigenvalue weighted by Gasteiger charge is 2.21. The molecule has 0 radical (unpaired) electrons. The molecule has 0 heterocycles. The molecule has 2 aromatic rings. The van der Waals surface area contributed by atoms with E-state index in [1.165, 1.54) is 25.1 Å². The minimum Gasteiger partial charge on any atom is -0.449 e. The van der Waals surface area contributed by atoms with Gasteiger partial charge in [-0.3, -0.25) is 4.79 Å². The van der Waals surface area contributed by atoms with Gasteiger partial charge >= 0.3 is 5.97 Å². The number of halogens is 1. The molecular weight excluding hydrogens is 321 g/mol. The van der Waals surface area contributed by atoms with Crippen molar-refractivity contribution in [2.45, 2.75) is 39.7 Å². The number of benzene rings is 2. The highest BCUT2D eigenvalue weighted by atomic mass is 19.1. The average molecular weight is 343 g/mol. The molecule has 25 heavy (non-hydrogen) atoms. The molecular formula is C20H22FNO3. The normalized spacial score (nSPS) is 11.9. The van der Waals surface area contributed by atoms with E-state index in [0.29, 0.717) is 0 Å². The molecule has 2 aromatic carbocycles. The number of hydrogen-bond donors (Lipinski definition) is 1. The highest BCUT2D eigenvalue weighted by molar-refractivity contribution is 5.98. The molecule has 0 aromatic heterocycles. The van der Waals surface area contributed by atoms with Crippen molar-refractivity contribution in [2.24, 2.45) is 0 Å². The van der Waals surface area contributed by atoms with Gasteiger partial charge in [-0.15, -0.1) is 0 Å². The van der Waals surface area contributed by atoms with Crippen LogP contribution in [0.1, 0.15) is 48.2 Å². The first-order valence-electron chi connectivity index (χ1n) is 8.16. The Morgan fingerprint density at radius 1 is 1.08 bits per heavy atom. The van der Waals surface area contributed by atoms with Crippen LogP contribution in [-0.2, 0) is 9.53 Å². The van der Waals surface area contributed by atoms with E-state index in [0.717, 1.165) is 22.9 Å². The third-order valence-electron chi connectivity index (χ3n) is 3.89. The molecule has 5 heteroatoms. The van der Waals surface area contributed by atoms with E-state index in [2.05, 4.69) is 5.32 Å². The molecule has 132 valence electrons. The van der Waals surface area contributed by atoms with Gasteiger partial charge in [-0.25, -0.2) is 9.18 Å². The van der Waals surface area contributed by atoms with Crippen LogP contribution in [0.2, 0.25) is 0 Å². The fourth-order valence-electron chi connectivity index (χ4n) is 2.46. The van der Waals surface area contributed by atoms with Crippen molar-refractivity contribution in [1.29, 1.82) is 0 Å². The summed E-state index contributed by atoms with van der Waals surface area (Å²) in [7, 11) is 0. The number of nitrogens with one attached hydrogen (secondary N) is 1. The minimum absolute atomic E-state index is 0.0680. The summed E-state index contributed by atoms with van der Waals surface area (Å²) in [5.41, 5.74) is 2.75. The summed E-state index contributed by atoms with van der Waals surface area (Å²) in [4.78, 5) is 24.4. The summed E-state index contributed by atoms with van der Waals surface area (Å²) < 4.78 is 18.3. The summed E-state index contributed by atoms with van der Waals surface area (Å²) in [5.74, 6) is -1.47. The number of ether oxygens (including phenoxy) is 1. The lowest BCUT2D eigenvalue weighted by Crippen LogP contribution is -2.30. The molecule has 0 aliphatic heterocycles. The standard InChI is InChI=1S/C20H22FNO3/c1-12(2)17-10-5-7-13(3)18(17)22-19(23)14(4)25-20(24)15-8-6-9-16(21)11-15/h5-12,14H,1-4H3,(H,22,23)/t14-/m1/s1. The van der Waals surface area contributed by atoms with Gasteiger partial charge in [-0.1, -0.05) is 38.1 Å². The van der Waals surface area contributed by atoms with Crippen LogP contribution in [-0.4, -0.2) is 18.0 Å². The van der Waals surface area contributed by atoms with Crippen molar-refractivity contribution in [2.75, 3.05) is 5.32 Å². The fraction of sp³-hybridized carbons (Fsp3) is 0.300. The molecule has 0 aliphatic rings. The van der Waals surface area contributed by atoms with Crippen molar-refractivity contribution >= 4 is 17.6 Å². The smallest absolute Gasteiger partial charge is 0.339 e. The molecule has 0 fully saturated rings. The monoisotopic (exact) mass is 343 g/mol. The van der Waals surface area contributed by atoms with Crippen LogP contribution in [0.5, 0.6) is 0 Å². The van der Waals surface area contributed by atoms with E-state index in [4.69, 9.17) is 4.74 Å². The van der Waals surface area contributed by atoms with Crippen molar-refractivity contribution in [1.82, 2.24) is 0 Å². The number of rotatable bonds is 5. The lowest BCUT2D eigenvalue weighted by Gasteiger charge is -2.19. The van der Waals surface area contributed by atoms with E-state index < -0.39 is 23.8 Å². The molecule has 4 nitrogen and oxygen atoms in total. The molecule has 0 saturated carbocycles. The second-order valence-electron chi connectivity index (χ2n) is 6.24. The van der Waals surface area contributed by atoms with Gasteiger partial charge in [0, 0.05) is 5.69 Å². The van der Waals surface area contributed by atoms with Crippen molar-refractivity contribution in [3.63, 3.8) is 0 Å². The zero-order chi connectivity index (χ0) is 18.6. The predicted octanol–water partition coefficient (Wildman–Crippen LogP) is 4.44. The number of carbonyl (C=O) groups is 2. The van der Waals surface area contributed by atoms with E-state index in [-0.39, 0.29) is 11.5 Å². The van der Waals surface area contributed by atoms with Gasteiger partial charge in [-0.2, -0.15) is 0 Å². The van der Waals surface area contributed by atoms with Gasteiger partial charge in [0.2, 0.25) is 0 Å². The number of hydrogen-bond acceptors (Lipinski definition) is 3. The summed E-state index contributed by atoms with van der Waals surface area (Å²) >= 11 is 0. The Labute approximate surface area is 147 Å². The maximum absolute atomic E-state index is 13.2. The molecule has 1 atom stereocenters. The Bertz CT molecular complexity index is 786. The lowest BCUT2D eigenvalue weighted by atomic mass is 9.98. The van der Waals surface area contributed by atoms with Gasteiger partial charge in [0.1, 0.15) is 5.82 Å². The maximum Gasteiger partial charge on any atom is 0.339 e. The van der Waals surface area contributed by atoms with Crippen LogP contribution in [0.3, 0.4) is 0 Å². The highest BCUT2D eigenvalue weighted by Crippen LogP contribution is 2.27.